The molecule has 2 heterocycles. The van der Waals surface area contributed by atoms with Gasteiger partial charge in [0.1, 0.15) is 0 Å². The van der Waals surface area contributed by atoms with Crippen molar-refractivity contribution in [2.75, 3.05) is 34.5 Å². The van der Waals surface area contributed by atoms with Crippen LogP contribution in [0.3, 0.4) is 0 Å². The van der Waals surface area contributed by atoms with E-state index in [0.29, 0.717) is 60.8 Å². The highest BCUT2D eigenvalue weighted by Gasteiger charge is 2.34. The fourth-order valence-corrected chi connectivity index (χ4v) is 5.75. The monoisotopic (exact) mass is 572 g/mol. The molecule has 9 nitrogen and oxygen atoms in total. The van der Waals surface area contributed by atoms with Gasteiger partial charge in [-0.25, -0.2) is 9.79 Å². The number of fused-ring (bicyclic) bond motifs is 1. The zero-order chi connectivity index (χ0) is 28.3. The molecule has 206 valence electrons. The van der Waals surface area contributed by atoms with Crippen molar-refractivity contribution in [3.63, 3.8) is 0 Å². The van der Waals surface area contributed by atoms with Crippen molar-refractivity contribution < 1.29 is 28.5 Å². The molecule has 1 aromatic heterocycles. The van der Waals surface area contributed by atoms with Crippen LogP contribution in [0.15, 0.2) is 51.4 Å². The summed E-state index contributed by atoms with van der Waals surface area (Å²) in [7, 11) is 4.56. The third-order valence-electron chi connectivity index (χ3n) is 6.07. The van der Waals surface area contributed by atoms with E-state index in [4.69, 9.17) is 35.3 Å². The van der Waals surface area contributed by atoms with Crippen LogP contribution in [0.4, 0.5) is 0 Å². The molecule has 0 unspecified atom stereocenters. The van der Waals surface area contributed by atoms with Crippen LogP contribution < -0.4 is 33.8 Å². The van der Waals surface area contributed by atoms with Gasteiger partial charge in [-0.05, 0) is 62.2 Å². The fraction of sp³-hybridized carbons (Fsp3) is 0.321. The number of ether oxygens (including phenoxy) is 5. The van der Waals surface area contributed by atoms with Gasteiger partial charge < -0.3 is 23.7 Å². The van der Waals surface area contributed by atoms with Crippen LogP contribution in [0.25, 0.3) is 6.08 Å². The van der Waals surface area contributed by atoms with E-state index in [9.17, 15) is 9.59 Å². The van der Waals surface area contributed by atoms with E-state index in [1.807, 2.05) is 6.92 Å². The first-order chi connectivity index (χ1) is 18.8. The first-order valence-electron chi connectivity index (χ1n) is 12.2. The predicted molar refractivity (Wildman–Crippen MR) is 149 cm³/mol. The zero-order valence-electron chi connectivity index (χ0n) is 22.5. The molecule has 0 amide bonds. The molecule has 0 saturated carbocycles. The number of esters is 1. The van der Waals surface area contributed by atoms with Crippen LogP contribution in [-0.4, -0.2) is 45.1 Å². The average molecular weight is 573 g/mol. The lowest BCUT2D eigenvalue weighted by atomic mass is 9.95. The molecule has 1 atom stereocenters. The smallest absolute Gasteiger partial charge is 0.338 e. The maximum Gasteiger partial charge on any atom is 0.338 e. The Hall–Kier alpha value is -3.76. The number of carbonyl (C=O) groups is 1. The first-order valence-corrected chi connectivity index (χ1v) is 13.4. The minimum absolute atomic E-state index is 0.180. The molecule has 1 aliphatic rings. The lowest BCUT2D eigenvalue weighted by molar-refractivity contribution is -0.139. The Balaban J connectivity index is 1.96. The average Bonchev–Trinajstić information content (AvgIpc) is 3.21. The van der Waals surface area contributed by atoms with Gasteiger partial charge in [0.25, 0.3) is 5.56 Å². The normalized spacial score (nSPS) is 14.9. The summed E-state index contributed by atoms with van der Waals surface area (Å²) in [5.41, 5.74) is 1.71. The maximum absolute atomic E-state index is 13.9. The molecule has 11 heteroatoms. The van der Waals surface area contributed by atoms with E-state index in [1.165, 1.54) is 30.1 Å². The van der Waals surface area contributed by atoms with E-state index in [1.54, 1.807) is 57.4 Å². The lowest BCUT2D eigenvalue weighted by Gasteiger charge is -2.25. The Morgan fingerprint density at radius 3 is 2.44 bits per heavy atom. The number of methoxy groups -OCH3 is 3. The Morgan fingerprint density at radius 2 is 1.79 bits per heavy atom. The molecule has 0 fully saturated rings. The number of rotatable bonds is 9. The summed E-state index contributed by atoms with van der Waals surface area (Å²) < 4.78 is 29.2. The Bertz CT molecular complexity index is 1620. The molecule has 0 saturated heterocycles. The summed E-state index contributed by atoms with van der Waals surface area (Å²) in [5, 5.41) is 0.343. The molecule has 0 N–H and O–H groups in total. The summed E-state index contributed by atoms with van der Waals surface area (Å²) in [6, 6.07) is 7.95. The van der Waals surface area contributed by atoms with Crippen molar-refractivity contribution in [2.45, 2.75) is 26.8 Å². The number of halogens is 1. The number of thiazole rings is 1. The van der Waals surface area contributed by atoms with Gasteiger partial charge in [-0.3, -0.25) is 9.36 Å². The third-order valence-corrected chi connectivity index (χ3v) is 7.34. The second kappa shape index (κ2) is 12.0. The molecule has 0 spiro atoms. The van der Waals surface area contributed by atoms with Gasteiger partial charge >= 0.3 is 5.97 Å². The molecule has 1 aliphatic heterocycles. The number of allylic oxidation sites excluding steroid dienone is 1. The van der Waals surface area contributed by atoms with Gasteiger partial charge in [0.05, 0.1) is 61.4 Å². The highest BCUT2D eigenvalue weighted by Crippen LogP contribution is 2.37. The minimum Gasteiger partial charge on any atom is -0.493 e. The van der Waals surface area contributed by atoms with E-state index in [2.05, 4.69) is 4.99 Å². The van der Waals surface area contributed by atoms with E-state index < -0.39 is 12.0 Å². The molecule has 0 bridgehead atoms. The Morgan fingerprint density at radius 1 is 1.05 bits per heavy atom. The summed E-state index contributed by atoms with van der Waals surface area (Å²) in [6.45, 7) is 5.92. The molecule has 2 aromatic carbocycles. The van der Waals surface area contributed by atoms with Crippen molar-refractivity contribution in [1.29, 1.82) is 0 Å². The summed E-state index contributed by atoms with van der Waals surface area (Å²) >= 11 is 7.60. The van der Waals surface area contributed by atoms with Crippen LogP contribution in [0, 0.1) is 0 Å². The molecule has 4 rings (SSSR count). The number of hydrogen-bond donors (Lipinski definition) is 0. The maximum atomic E-state index is 13.9. The largest absolute Gasteiger partial charge is 0.493 e. The number of benzene rings is 2. The van der Waals surface area contributed by atoms with E-state index in [-0.39, 0.29) is 17.7 Å². The fourth-order valence-electron chi connectivity index (χ4n) is 4.41. The molecular formula is C28H29ClN2O7S. The van der Waals surface area contributed by atoms with Gasteiger partial charge in [-0.1, -0.05) is 29.0 Å². The molecule has 0 aliphatic carbocycles. The van der Waals surface area contributed by atoms with Crippen LogP contribution >= 0.6 is 22.9 Å². The number of aromatic nitrogens is 1. The van der Waals surface area contributed by atoms with Crippen molar-refractivity contribution in [3.05, 3.63) is 77.4 Å². The molecule has 3 aromatic rings. The first kappa shape index (κ1) is 28.3. The Kier molecular flexibility index (Phi) is 8.66. The van der Waals surface area contributed by atoms with E-state index >= 15 is 0 Å². The van der Waals surface area contributed by atoms with Crippen LogP contribution in [-0.2, 0) is 9.53 Å². The standard InChI is InChI=1S/C28H29ClN2O7S/c1-7-37-20-14-17(9-10-19(20)34-4)24-23(27(33)38-8-2)15(3)30-28-31(24)26(32)22(39-28)13-16-11-18(29)25(36-6)21(12-16)35-5/h9-14,24H,7-8H2,1-6H3/b22-13-/t24-/m1/s1. The van der Waals surface area contributed by atoms with Gasteiger partial charge in [0, 0.05) is 0 Å². The second-order valence-electron chi connectivity index (χ2n) is 8.38. The summed E-state index contributed by atoms with van der Waals surface area (Å²) in [6.07, 6.45) is 1.71. The van der Waals surface area contributed by atoms with Gasteiger partial charge in [0.15, 0.2) is 27.8 Å². The molecular weight excluding hydrogens is 544 g/mol. The van der Waals surface area contributed by atoms with Gasteiger partial charge in [0.2, 0.25) is 0 Å². The summed E-state index contributed by atoms with van der Waals surface area (Å²) in [4.78, 5) is 32.1. The van der Waals surface area contributed by atoms with Crippen molar-refractivity contribution in [2.24, 2.45) is 4.99 Å². The third kappa shape index (κ3) is 5.39. The number of carbonyl (C=O) groups excluding carboxylic acids is 1. The van der Waals surface area contributed by atoms with Crippen LogP contribution in [0.5, 0.6) is 23.0 Å². The van der Waals surface area contributed by atoms with Crippen LogP contribution in [0.2, 0.25) is 5.02 Å². The van der Waals surface area contributed by atoms with E-state index in [0.717, 1.165) is 0 Å². The molecule has 39 heavy (non-hydrogen) atoms. The predicted octanol–water partition coefficient (Wildman–Crippen LogP) is 3.88. The van der Waals surface area contributed by atoms with Crippen molar-refractivity contribution >= 4 is 35.0 Å². The van der Waals surface area contributed by atoms with Crippen molar-refractivity contribution in [1.82, 2.24) is 4.57 Å². The van der Waals surface area contributed by atoms with Crippen LogP contribution in [0.1, 0.15) is 37.9 Å². The minimum atomic E-state index is -0.790. The van der Waals surface area contributed by atoms with Gasteiger partial charge in [-0.2, -0.15) is 0 Å². The Labute approximate surface area is 234 Å². The summed E-state index contributed by atoms with van der Waals surface area (Å²) in [5.74, 6) is 1.33. The topological polar surface area (TPSA) is 97.6 Å². The lowest BCUT2D eigenvalue weighted by Crippen LogP contribution is -2.40. The zero-order valence-corrected chi connectivity index (χ0v) is 24.1. The van der Waals surface area contributed by atoms with Crippen molar-refractivity contribution in [3.8, 4) is 23.0 Å². The van der Waals surface area contributed by atoms with Gasteiger partial charge in [-0.15, -0.1) is 0 Å². The highest BCUT2D eigenvalue weighted by atomic mass is 35.5. The quantitative estimate of drug-likeness (QED) is 0.359. The SMILES string of the molecule is CCOC(=O)C1=C(C)N=c2s/c(=C\c3cc(Cl)c(OC)c(OC)c3)c(=O)n2[C@@H]1c1ccc(OC)c(OCC)c1. The number of nitrogens with zero attached hydrogens (tertiary/aromatic N) is 2. The second-order valence-corrected chi connectivity index (χ2v) is 9.80. The molecule has 0 radical (unpaired) electrons. The number of hydrogen-bond acceptors (Lipinski definition) is 9. The highest BCUT2D eigenvalue weighted by molar-refractivity contribution is 7.07.